The maximum Gasteiger partial charge on any atom is 0.410 e. The Labute approximate surface area is 153 Å². The predicted octanol–water partition coefficient (Wildman–Crippen LogP) is 3.28. The summed E-state index contributed by atoms with van der Waals surface area (Å²) in [7, 11) is 0. The molecule has 4 rings (SSSR count). The SMILES string of the molecule is C[C@H]1CN(C(=O)OC(C)(C)C)CCN1c1ncnc2[nH]cc(C3CC3)c12. The van der Waals surface area contributed by atoms with Crippen LogP contribution in [0.2, 0.25) is 0 Å². The monoisotopic (exact) mass is 357 g/mol. The van der Waals surface area contributed by atoms with Crippen LogP contribution >= 0.6 is 0 Å². The molecular weight excluding hydrogens is 330 g/mol. The number of nitrogens with one attached hydrogen (secondary N) is 1. The molecule has 1 aliphatic heterocycles. The van der Waals surface area contributed by atoms with Gasteiger partial charge in [-0.3, -0.25) is 0 Å². The smallest absolute Gasteiger partial charge is 0.410 e. The van der Waals surface area contributed by atoms with Crippen molar-refractivity contribution in [1.29, 1.82) is 0 Å². The number of hydrogen-bond donors (Lipinski definition) is 1. The number of aromatic nitrogens is 3. The molecule has 26 heavy (non-hydrogen) atoms. The molecule has 2 aromatic heterocycles. The Bertz CT molecular complexity index is 821. The molecule has 0 unspecified atom stereocenters. The van der Waals surface area contributed by atoms with Gasteiger partial charge in [-0.2, -0.15) is 0 Å². The number of amides is 1. The fourth-order valence-corrected chi connectivity index (χ4v) is 3.67. The molecule has 0 aromatic carbocycles. The highest BCUT2D eigenvalue weighted by Crippen LogP contribution is 2.45. The number of carbonyl (C=O) groups is 1. The number of nitrogens with zero attached hydrogens (tertiary/aromatic N) is 4. The molecule has 1 atom stereocenters. The van der Waals surface area contributed by atoms with Gasteiger partial charge in [-0.15, -0.1) is 0 Å². The standard InChI is InChI=1S/C19H27N5O2/c1-12-10-23(18(25)26-19(2,3)4)7-8-24(12)17-15-14(13-5-6-13)9-20-16(15)21-11-22-17/h9,11-13H,5-8,10H2,1-4H3,(H,20,21,22)/t12-/m0/s1. The molecule has 0 spiro atoms. The lowest BCUT2D eigenvalue weighted by atomic mass is 10.1. The minimum absolute atomic E-state index is 0.163. The van der Waals surface area contributed by atoms with Gasteiger partial charge in [0.05, 0.1) is 5.39 Å². The molecule has 0 bridgehead atoms. The molecular formula is C19H27N5O2. The fraction of sp³-hybridized carbons (Fsp3) is 0.632. The number of fused-ring (bicyclic) bond motifs is 1. The number of hydrogen-bond acceptors (Lipinski definition) is 5. The van der Waals surface area contributed by atoms with Crippen LogP contribution in [0.4, 0.5) is 10.6 Å². The van der Waals surface area contributed by atoms with Crippen molar-refractivity contribution in [2.24, 2.45) is 0 Å². The van der Waals surface area contributed by atoms with Gasteiger partial charge in [0, 0.05) is 31.9 Å². The summed E-state index contributed by atoms with van der Waals surface area (Å²) in [4.78, 5) is 28.8. The van der Waals surface area contributed by atoms with Crippen LogP contribution in [0.25, 0.3) is 11.0 Å². The molecule has 2 fully saturated rings. The van der Waals surface area contributed by atoms with Crippen LogP contribution in [-0.4, -0.2) is 57.2 Å². The van der Waals surface area contributed by atoms with Gasteiger partial charge in [-0.1, -0.05) is 0 Å². The van der Waals surface area contributed by atoms with Crippen LogP contribution in [0.3, 0.4) is 0 Å². The van der Waals surface area contributed by atoms with E-state index in [1.807, 2.05) is 20.8 Å². The average Bonchev–Trinajstić information content (AvgIpc) is 3.32. The average molecular weight is 357 g/mol. The Balaban J connectivity index is 1.56. The molecule has 140 valence electrons. The lowest BCUT2D eigenvalue weighted by molar-refractivity contribution is 0.0218. The molecule has 7 heteroatoms. The van der Waals surface area contributed by atoms with E-state index in [2.05, 4.69) is 33.0 Å². The summed E-state index contributed by atoms with van der Waals surface area (Å²) in [6.45, 7) is 9.82. The topological polar surface area (TPSA) is 74.3 Å². The Morgan fingerprint density at radius 3 is 2.69 bits per heavy atom. The number of anilines is 1. The van der Waals surface area contributed by atoms with Crippen molar-refractivity contribution >= 4 is 22.9 Å². The summed E-state index contributed by atoms with van der Waals surface area (Å²) in [6, 6.07) is 0.163. The Hall–Kier alpha value is -2.31. The van der Waals surface area contributed by atoms with Gasteiger partial charge in [0.25, 0.3) is 0 Å². The molecule has 1 amide bonds. The molecule has 0 radical (unpaired) electrons. The van der Waals surface area contributed by atoms with E-state index < -0.39 is 5.60 Å². The highest BCUT2D eigenvalue weighted by atomic mass is 16.6. The molecule has 1 aliphatic carbocycles. The fourth-order valence-electron chi connectivity index (χ4n) is 3.67. The van der Waals surface area contributed by atoms with Gasteiger partial charge in [-0.05, 0) is 52.0 Å². The Morgan fingerprint density at radius 2 is 2.04 bits per heavy atom. The zero-order valence-electron chi connectivity index (χ0n) is 16.0. The van der Waals surface area contributed by atoms with Crippen molar-refractivity contribution in [3.63, 3.8) is 0 Å². The van der Waals surface area contributed by atoms with Gasteiger partial charge in [0.1, 0.15) is 23.4 Å². The van der Waals surface area contributed by atoms with E-state index in [4.69, 9.17) is 4.74 Å². The van der Waals surface area contributed by atoms with E-state index in [0.29, 0.717) is 19.0 Å². The summed E-state index contributed by atoms with van der Waals surface area (Å²) in [5.74, 6) is 1.61. The van der Waals surface area contributed by atoms with Crippen molar-refractivity contribution in [2.75, 3.05) is 24.5 Å². The van der Waals surface area contributed by atoms with Gasteiger partial charge in [-0.25, -0.2) is 14.8 Å². The second kappa shape index (κ2) is 6.14. The van der Waals surface area contributed by atoms with Gasteiger partial charge < -0.3 is 19.5 Å². The van der Waals surface area contributed by atoms with Crippen molar-refractivity contribution in [1.82, 2.24) is 19.9 Å². The lowest BCUT2D eigenvalue weighted by Crippen LogP contribution is -2.54. The second-order valence-electron chi connectivity index (χ2n) is 8.41. The molecule has 1 saturated heterocycles. The predicted molar refractivity (Wildman–Crippen MR) is 100 cm³/mol. The summed E-state index contributed by atoms with van der Waals surface area (Å²) in [6.07, 6.45) is 5.95. The van der Waals surface area contributed by atoms with Crippen LogP contribution < -0.4 is 4.90 Å². The van der Waals surface area contributed by atoms with Crippen molar-refractivity contribution in [3.05, 3.63) is 18.1 Å². The first-order valence-electron chi connectivity index (χ1n) is 9.40. The van der Waals surface area contributed by atoms with Crippen molar-refractivity contribution < 1.29 is 9.53 Å². The summed E-state index contributed by atoms with van der Waals surface area (Å²) in [5.41, 5.74) is 1.76. The van der Waals surface area contributed by atoms with Crippen LogP contribution in [0.1, 0.15) is 52.0 Å². The number of aromatic amines is 1. The Kier molecular flexibility index (Phi) is 4.04. The third-order valence-corrected chi connectivity index (χ3v) is 5.05. The molecule has 2 aliphatic rings. The number of ether oxygens (including phenoxy) is 1. The summed E-state index contributed by atoms with van der Waals surface area (Å²) < 4.78 is 5.52. The van der Waals surface area contributed by atoms with Crippen LogP contribution in [0.15, 0.2) is 12.5 Å². The van der Waals surface area contributed by atoms with Gasteiger partial charge in [0.2, 0.25) is 0 Å². The number of H-pyrrole nitrogens is 1. The largest absolute Gasteiger partial charge is 0.444 e. The second-order valence-corrected chi connectivity index (χ2v) is 8.41. The zero-order chi connectivity index (χ0) is 18.5. The third kappa shape index (κ3) is 3.22. The summed E-state index contributed by atoms with van der Waals surface area (Å²) in [5, 5.41) is 1.15. The minimum Gasteiger partial charge on any atom is -0.444 e. The van der Waals surface area contributed by atoms with E-state index in [0.717, 1.165) is 23.4 Å². The zero-order valence-corrected chi connectivity index (χ0v) is 16.0. The van der Waals surface area contributed by atoms with Crippen LogP contribution in [-0.2, 0) is 4.74 Å². The van der Waals surface area contributed by atoms with E-state index in [-0.39, 0.29) is 12.1 Å². The maximum atomic E-state index is 12.4. The molecule has 1 N–H and O–H groups in total. The van der Waals surface area contributed by atoms with Gasteiger partial charge >= 0.3 is 6.09 Å². The van der Waals surface area contributed by atoms with E-state index in [1.54, 1.807) is 11.2 Å². The first-order chi connectivity index (χ1) is 12.3. The van der Waals surface area contributed by atoms with Gasteiger partial charge in [0.15, 0.2) is 0 Å². The van der Waals surface area contributed by atoms with E-state index in [1.165, 1.54) is 18.4 Å². The van der Waals surface area contributed by atoms with Crippen LogP contribution in [0, 0.1) is 0 Å². The molecule has 3 heterocycles. The lowest BCUT2D eigenvalue weighted by Gasteiger charge is -2.41. The first-order valence-corrected chi connectivity index (χ1v) is 9.40. The maximum absolute atomic E-state index is 12.4. The van der Waals surface area contributed by atoms with Crippen LogP contribution in [0.5, 0.6) is 0 Å². The van der Waals surface area contributed by atoms with Crippen molar-refractivity contribution in [3.8, 4) is 0 Å². The quantitative estimate of drug-likeness (QED) is 0.893. The Morgan fingerprint density at radius 1 is 1.27 bits per heavy atom. The molecule has 7 nitrogen and oxygen atoms in total. The number of rotatable bonds is 2. The molecule has 1 saturated carbocycles. The third-order valence-electron chi connectivity index (χ3n) is 5.05. The molecule has 2 aromatic rings. The highest BCUT2D eigenvalue weighted by molar-refractivity contribution is 5.91. The number of carbonyl (C=O) groups excluding carboxylic acids is 1. The van der Waals surface area contributed by atoms with E-state index in [9.17, 15) is 4.79 Å². The van der Waals surface area contributed by atoms with E-state index >= 15 is 0 Å². The summed E-state index contributed by atoms with van der Waals surface area (Å²) >= 11 is 0. The highest BCUT2D eigenvalue weighted by Gasteiger charge is 2.33. The first kappa shape index (κ1) is 17.1. The normalized spacial score (nSPS) is 21.3. The number of piperazine rings is 1. The van der Waals surface area contributed by atoms with Crippen molar-refractivity contribution in [2.45, 2.75) is 58.1 Å². The minimum atomic E-state index is -0.472.